The van der Waals surface area contributed by atoms with Gasteiger partial charge in [0.2, 0.25) is 5.91 Å². The van der Waals surface area contributed by atoms with Crippen molar-refractivity contribution in [3.63, 3.8) is 0 Å². The van der Waals surface area contributed by atoms with E-state index in [4.69, 9.17) is 11.6 Å². The van der Waals surface area contributed by atoms with Crippen molar-refractivity contribution < 1.29 is 22.8 Å². The molecule has 0 radical (unpaired) electrons. The molecule has 1 aromatic heterocycles. The second-order valence-electron chi connectivity index (χ2n) is 3.92. The highest BCUT2D eigenvalue weighted by molar-refractivity contribution is 6.30. The summed E-state index contributed by atoms with van der Waals surface area (Å²) in [5.41, 5.74) is -2.13. The lowest BCUT2D eigenvalue weighted by atomic mass is 10.2. The van der Waals surface area contributed by atoms with Crippen molar-refractivity contribution in [3.8, 4) is 0 Å². The van der Waals surface area contributed by atoms with Crippen molar-refractivity contribution in [2.75, 3.05) is 6.54 Å². The van der Waals surface area contributed by atoms with Gasteiger partial charge in [0.1, 0.15) is 11.6 Å². The summed E-state index contributed by atoms with van der Waals surface area (Å²) in [6, 6.07) is -0.337. The Morgan fingerprint density at radius 1 is 1.38 bits per heavy atom. The van der Waals surface area contributed by atoms with Gasteiger partial charge in [-0.2, -0.15) is 13.2 Å². The van der Waals surface area contributed by atoms with E-state index >= 15 is 0 Å². The molecule has 1 aromatic rings. The van der Waals surface area contributed by atoms with E-state index in [1.54, 1.807) is 6.92 Å². The van der Waals surface area contributed by atoms with Crippen LogP contribution in [0.15, 0.2) is 17.1 Å². The number of hydrogen-bond donors (Lipinski definition) is 2. The van der Waals surface area contributed by atoms with Gasteiger partial charge in [-0.15, -0.1) is 0 Å². The maximum Gasteiger partial charge on any atom is 0.417 e. The van der Waals surface area contributed by atoms with E-state index in [0.29, 0.717) is 16.8 Å². The van der Waals surface area contributed by atoms with Crippen LogP contribution in [0.3, 0.4) is 0 Å². The van der Waals surface area contributed by atoms with Gasteiger partial charge in [0.15, 0.2) is 0 Å². The second kappa shape index (κ2) is 6.61. The number of pyridine rings is 1. The first kappa shape index (κ1) is 17.0. The molecule has 0 aliphatic carbocycles. The summed E-state index contributed by atoms with van der Waals surface area (Å²) in [7, 11) is 0. The second-order valence-corrected chi connectivity index (χ2v) is 4.32. The first-order valence-corrected chi connectivity index (χ1v) is 6.07. The summed E-state index contributed by atoms with van der Waals surface area (Å²) >= 11 is 5.42. The number of nitrogens with zero attached hydrogens (tertiary/aromatic N) is 1. The fourth-order valence-electron chi connectivity index (χ4n) is 1.40. The minimum absolute atomic E-state index is 0.258. The standard InChI is InChI=1S/C11H11ClF3N3O3/c1-2-16-10(21)17-8(19)5-18-4-6(11(13,14)15)3-7(12)9(18)20/h3-4H,2,5H2,1H3,(H2,16,17,19,21). The number of carbonyl (C=O) groups excluding carboxylic acids is 2. The molecule has 10 heteroatoms. The number of aromatic nitrogens is 1. The third-order valence-electron chi connectivity index (χ3n) is 2.27. The molecule has 0 aliphatic rings. The number of rotatable bonds is 3. The Kier molecular flexibility index (Phi) is 5.36. The molecule has 0 atom stereocenters. The number of urea groups is 1. The van der Waals surface area contributed by atoms with E-state index in [9.17, 15) is 27.6 Å². The Hall–Kier alpha value is -2.03. The van der Waals surface area contributed by atoms with E-state index < -0.39 is 40.8 Å². The Morgan fingerprint density at radius 3 is 2.52 bits per heavy atom. The van der Waals surface area contributed by atoms with E-state index in [1.165, 1.54) is 0 Å². The molecule has 0 bridgehead atoms. The molecule has 3 amide bonds. The SMILES string of the molecule is CCNC(=O)NC(=O)Cn1cc(C(F)(F)F)cc(Cl)c1=O. The Balaban J connectivity index is 2.98. The van der Waals surface area contributed by atoms with Gasteiger partial charge >= 0.3 is 12.2 Å². The van der Waals surface area contributed by atoms with Crippen molar-refractivity contribution in [1.82, 2.24) is 15.2 Å². The first-order valence-electron chi connectivity index (χ1n) is 5.70. The highest BCUT2D eigenvalue weighted by Gasteiger charge is 2.32. The van der Waals surface area contributed by atoms with Crippen LogP contribution in [0.5, 0.6) is 0 Å². The summed E-state index contributed by atoms with van der Waals surface area (Å²) in [5.74, 6) is -0.946. The zero-order valence-corrected chi connectivity index (χ0v) is 11.5. The van der Waals surface area contributed by atoms with Crippen LogP contribution in [-0.2, 0) is 17.5 Å². The molecule has 21 heavy (non-hydrogen) atoms. The molecule has 0 aromatic carbocycles. The number of carbonyl (C=O) groups is 2. The fourth-order valence-corrected chi connectivity index (χ4v) is 1.62. The third-order valence-corrected chi connectivity index (χ3v) is 2.54. The maximum absolute atomic E-state index is 12.6. The molecule has 0 saturated carbocycles. The van der Waals surface area contributed by atoms with Crippen LogP contribution in [0.2, 0.25) is 5.02 Å². The number of nitrogens with one attached hydrogen (secondary N) is 2. The average Bonchev–Trinajstić information content (AvgIpc) is 2.33. The molecule has 0 unspecified atom stereocenters. The van der Waals surface area contributed by atoms with Gasteiger partial charge in [0.05, 0.1) is 5.56 Å². The Bertz CT molecular complexity index is 613. The lowest BCUT2D eigenvalue weighted by Crippen LogP contribution is -2.42. The van der Waals surface area contributed by atoms with Crippen molar-refractivity contribution >= 4 is 23.5 Å². The van der Waals surface area contributed by atoms with Crippen LogP contribution in [0.25, 0.3) is 0 Å². The summed E-state index contributed by atoms with van der Waals surface area (Å²) in [6.07, 6.45) is -4.25. The number of imide groups is 1. The highest BCUT2D eigenvalue weighted by atomic mass is 35.5. The van der Waals surface area contributed by atoms with Crippen LogP contribution in [0.1, 0.15) is 12.5 Å². The molecule has 1 rings (SSSR count). The summed E-state index contributed by atoms with van der Waals surface area (Å²) in [5, 5.41) is 3.45. The summed E-state index contributed by atoms with van der Waals surface area (Å²) in [6.45, 7) is 1.11. The molecule has 0 spiro atoms. The number of alkyl halides is 3. The predicted octanol–water partition coefficient (Wildman–Crippen LogP) is 1.37. The van der Waals surface area contributed by atoms with Gasteiger partial charge in [-0.3, -0.25) is 14.9 Å². The van der Waals surface area contributed by atoms with Gasteiger partial charge in [-0.05, 0) is 13.0 Å². The lowest BCUT2D eigenvalue weighted by molar-refractivity contribution is -0.138. The molecule has 1 heterocycles. The predicted molar refractivity (Wildman–Crippen MR) is 67.9 cm³/mol. The smallest absolute Gasteiger partial charge is 0.338 e. The van der Waals surface area contributed by atoms with Crippen LogP contribution in [0, 0.1) is 0 Å². The van der Waals surface area contributed by atoms with E-state index in [-0.39, 0.29) is 6.54 Å². The molecule has 0 fully saturated rings. The highest BCUT2D eigenvalue weighted by Crippen LogP contribution is 2.29. The van der Waals surface area contributed by atoms with Gasteiger partial charge in [0, 0.05) is 12.7 Å². The lowest BCUT2D eigenvalue weighted by Gasteiger charge is -2.11. The van der Waals surface area contributed by atoms with Crippen molar-refractivity contribution in [1.29, 1.82) is 0 Å². The van der Waals surface area contributed by atoms with Crippen molar-refractivity contribution in [2.45, 2.75) is 19.6 Å². The van der Waals surface area contributed by atoms with Crippen LogP contribution < -0.4 is 16.2 Å². The van der Waals surface area contributed by atoms with Crippen LogP contribution >= 0.6 is 11.6 Å². The maximum atomic E-state index is 12.6. The van der Waals surface area contributed by atoms with E-state index in [1.807, 2.05) is 5.32 Å². The number of halogens is 4. The minimum Gasteiger partial charge on any atom is -0.338 e. The van der Waals surface area contributed by atoms with Gasteiger partial charge in [-0.1, -0.05) is 11.6 Å². The normalized spacial score (nSPS) is 11.1. The van der Waals surface area contributed by atoms with Gasteiger partial charge < -0.3 is 9.88 Å². The zero-order valence-electron chi connectivity index (χ0n) is 10.8. The van der Waals surface area contributed by atoms with E-state index in [2.05, 4.69) is 5.32 Å². The Morgan fingerprint density at radius 2 is 2.00 bits per heavy atom. The largest absolute Gasteiger partial charge is 0.417 e. The third kappa shape index (κ3) is 4.78. The fraction of sp³-hybridized carbons (Fsp3) is 0.364. The van der Waals surface area contributed by atoms with Crippen LogP contribution in [-0.4, -0.2) is 23.1 Å². The molecular formula is C11H11ClF3N3O3. The number of hydrogen-bond acceptors (Lipinski definition) is 3. The first-order chi connectivity index (χ1) is 9.65. The van der Waals surface area contributed by atoms with Crippen molar-refractivity contribution in [3.05, 3.63) is 33.2 Å². The average molecular weight is 326 g/mol. The molecule has 6 nitrogen and oxygen atoms in total. The quantitative estimate of drug-likeness (QED) is 0.880. The topological polar surface area (TPSA) is 80.2 Å². The Labute approximate surface area is 121 Å². The zero-order chi connectivity index (χ0) is 16.2. The van der Waals surface area contributed by atoms with Crippen LogP contribution in [0.4, 0.5) is 18.0 Å². The number of amides is 3. The molecule has 2 N–H and O–H groups in total. The van der Waals surface area contributed by atoms with E-state index in [0.717, 1.165) is 0 Å². The van der Waals surface area contributed by atoms with Crippen molar-refractivity contribution in [2.24, 2.45) is 0 Å². The van der Waals surface area contributed by atoms with Gasteiger partial charge in [0.25, 0.3) is 5.56 Å². The molecule has 116 valence electrons. The van der Waals surface area contributed by atoms with Gasteiger partial charge in [-0.25, -0.2) is 4.79 Å². The monoisotopic (exact) mass is 325 g/mol. The summed E-state index contributed by atoms with van der Waals surface area (Å²) in [4.78, 5) is 34.1. The molecule has 0 aliphatic heterocycles. The molecular weight excluding hydrogens is 315 g/mol. The summed E-state index contributed by atoms with van der Waals surface area (Å²) < 4.78 is 38.3. The molecule has 0 saturated heterocycles. The minimum atomic E-state index is -4.71.